The van der Waals surface area contributed by atoms with Crippen molar-refractivity contribution in [2.24, 2.45) is 0 Å². The fourth-order valence-electron chi connectivity index (χ4n) is 1.61. The SMILES string of the molecule is COC(C)(C)CCOc1ccc(Br)cc1C(C)C. The molecule has 0 aliphatic heterocycles. The van der Waals surface area contributed by atoms with E-state index in [1.165, 1.54) is 5.56 Å². The van der Waals surface area contributed by atoms with Crippen molar-refractivity contribution in [3.63, 3.8) is 0 Å². The van der Waals surface area contributed by atoms with Crippen LogP contribution in [0.3, 0.4) is 0 Å². The van der Waals surface area contributed by atoms with Gasteiger partial charge in [0.2, 0.25) is 0 Å². The molecular weight excluding hydrogens is 292 g/mol. The topological polar surface area (TPSA) is 18.5 Å². The third-order valence-electron chi connectivity index (χ3n) is 3.11. The van der Waals surface area contributed by atoms with Gasteiger partial charge >= 0.3 is 0 Å². The molecule has 1 aromatic carbocycles. The summed E-state index contributed by atoms with van der Waals surface area (Å²) in [5, 5.41) is 0. The van der Waals surface area contributed by atoms with E-state index in [1.54, 1.807) is 7.11 Å². The van der Waals surface area contributed by atoms with E-state index >= 15 is 0 Å². The van der Waals surface area contributed by atoms with E-state index < -0.39 is 0 Å². The average molecular weight is 315 g/mol. The monoisotopic (exact) mass is 314 g/mol. The lowest BCUT2D eigenvalue weighted by Gasteiger charge is -2.23. The molecule has 2 nitrogen and oxygen atoms in total. The van der Waals surface area contributed by atoms with Gasteiger partial charge in [0, 0.05) is 18.0 Å². The van der Waals surface area contributed by atoms with Crippen LogP contribution in [0.5, 0.6) is 5.75 Å². The van der Waals surface area contributed by atoms with E-state index in [9.17, 15) is 0 Å². The Balaban J connectivity index is 2.67. The van der Waals surface area contributed by atoms with E-state index in [1.807, 2.05) is 12.1 Å². The van der Waals surface area contributed by atoms with Gasteiger partial charge in [0.25, 0.3) is 0 Å². The van der Waals surface area contributed by atoms with Crippen LogP contribution >= 0.6 is 15.9 Å². The molecule has 0 heterocycles. The molecule has 0 fully saturated rings. The van der Waals surface area contributed by atoms with Crippen molar-refractivity contribution in [2.45, 2.75) is 45.6 Å². The summed E-state index contributed by atoms with van der Waals surface area (Å²) >= 11 is 3.50. The van der Waals surface area contributed by atoms with Crippen molar-refractivity contribution in [2.75, 3.05) is 13.7 Å². The first kappa shape index (κ1) is 15.5. The highest BCUT2D eigenvalue weighted by atomic mass is 79.9. The van der Waals surface area contributed by atoms with Crippen LogP contribution < -0.4 is 4.74 Å². The van der Waals surface area contributed by atoms with E-state index in [4.69, 9.17) is 9.47 Å². The number of methoxy groups -OCH3 is 1. The Bertz CT molecular complexity index is 386. The lowest BCUT2D eigenvalue weighted by Crippen LogP contribution is -2.25. The molecule has 0 saturated heterocycles. The molecule has 0 atom stereocenters. The lowest BCUT2D eigenvalue weighted by atomic mass is 10.0. The van der Waals surface area contributed by atoms with Crippen LogP contribution in [0.1, 0.15) is 45.6 Å². The van der Waals surface area contributed by atoms with Crippen molar-refractivity contribution in [1.82, 2.24) is 0 Å². The van der Waals surface area contributed by atoms with Crippen molar-refractivity contribution >= 4 is 15.9 Å². The quantitative estimate of drug-likeness (QED) is 0.753. The predicted molar refractivity (Wildman–Crippen MR) is 79.4 cm³/mol. The first-order valence-corrected chi connectivity index (χ1v) is 7.12. The van der Waals surface area contributed by atoms with Gasteiger partial charge in [0.15, 0.2) is 0 Å². The largest absolute Gasteiger partial charge is 0.493 e. The van der Waals surface area contributed by atoms with Crippen LogP contribution in [0, 0.1) is 0 Å². The number of benzene rings is 1. The van der Waals surface area contributed by atoms with Gasteiger partial charge < -0.3 is 9.47 Å². The van der Waals surface area contributed by atoms with E-state index in [-0.39, 0.29) is 5.60 Å². The fraction of sp³-hybridized carbons (Fsp3) is 0.600. The minimum absolute atomic E-state index is 0.132. The fourth-order valence-corrected chi connectivity index (χ4v) is 1.99. The van der Waals surface area contributed by atoms with Crippen LogP contribution in [-0.4, -0.2) is 19.3 Å². The number of hydrogen-bond acceptors (Lipinski definition) is 2. The Morgan fingerprint density at radius 2 is 1.94 bits per heavy atom. The van der Waals surface area contributed by atoms with Gasteiger partial charge in [-0.25, -0.2) is 0 Å². The first-order chi connectivity index (χ1) is 8.35. The standard InChI is InChI=1S/C15H23BrO2/c1-11(2)13-10-12(16)6-7-14(13)18-9-8-15(3,4)17-5/h6-7,10-11H,8-9H2,1-5H3. The maximum absolute atomic E-state index is 5.89. The zero-order chi connectivity index (χ0) is 13.8. The molecule has 1 rings (SSSR count). The van der Waals surface area contributed by atoms with E-state index in [2.05, 4.69) is 49.7 Å². The second kappa shape index (κ2) is 6.58. The van der Waals surface area contributed by atoms with Gasteiger partial charge in [0.1, 0.15) is 5.75 Å². The highest BCUT2D eigenvalue weighted by Gasteiger charge is 2.16. The second-order valence-corrected chi connectivity index (χ2v) is 6.31. The van der Waals surface area contributed by atoms with Crippen molar-refractivity contribution < 1.29 is 9.47 Å². The van der Waals surface area contributed by atoms with Crippen LogP contribution in [0.15, 0.2) is 22.7 Å². The Kier molecular flexibility index (Phi) is 5.67. The summed E-state index contributed by atoms with van der Waals surface area (Å²) in [6.07, 6.45) is 0.872. The molecule has 0 radical (unpaired) electrons. The summed E-state index contributed by atoms with van der Waals surface area (Å²) in [6.45, 7) is 9.16. The molecule has 0 saturated carbocycles. The van der Waals surface area contributed by atoms with E-state index in [0.29, 0.717) is 12.5 Å². The molecule has 0 unspecified atom stereocenters. The van der Waals surface area contributed by atoms with Crippen molar-refractivity contribution in [1.29, 1.82) is 0 Å². The Morgan fingerprint density at radius 1 is 1.28 bits per heavy atom. The number of hydrogen-bond donors (Lipinski definition) is 0. The summed E-state index contributed by atoms with van der Waals surface area (Å²) in [5.74, 6) is 1.42. The van der Waals surface area contributed by atoms with E-state index in [0.717, 1.165) is 16.6 Å². The normalized spacial score (nSPS) is 11.9. The minimum atomic E-state index is -0.132. The zero-order valence-electron chi connectivity index (χ0n) is 11.9. The van der Waals surface area contributed by atoms with Crippen molar-refractivity contribution in [3.05, 3.63) is 28.2 Å². The predicted octanol–water partition coefficient (Wildman–Crippen LogP) is 4.77. The van der Waals surface area contributed by atoms with Gasteiger partial charge in [-0.2, -0.15) is 0 Å². The molecule has 0 bridgehead atoms. The van der Waals surface area contributed by atoms with Gasteiger partial charge in [-0.05, 0) is 43.5 Å². The number of rotatable bonds is 6. The maximum Gasteiger partial charge on any atom is 0.122 e. The zero-order valence-corrected chi connectivity index (χ0v) is 13.5. The lowest BCUT2D eigenvalue weighted by molar-refractivity contribution is 0.00536. The summed E-state index contributed by atoms with van der Waals surface area (Å²) in [5.41, 5.74) is 1.10. The molecule has 1 aromatic rings. The number of ether oxygens (including phenoxy) is 2. The Hall–Kier alpha value is -0.540. The van der Waals surface area contributed by atoms with Gasteiger partial charge in [-0.3, -0.25) is 0 Å². The molecule has 102 valence electrons. The molecule has 0 amide bonds. The van der Waals surface area contributed by atoms with Crippen LogP contribution in [0.25, 0.3) is 0 Å². The highest BCUT2D eigenvalue weighted by molar-refractivity contribution is 9.10. The molecule has 0 N–H and O–H groups in total. The van der Waals surface area contributed by atoms with Gasteiger partial charge in [-0.15, -0.1) is 0 Å². The summed E-state index contributed by atoms with van der Waals surface area (Å²) in [4.78, 5) is 0. The second-order valence-electron chi connectivity index (χ2n) is 5.40. The summed E-state index contributed by atoms with van der Waals surface area (Å²) in [6, 6.07) is 6.17. The van der Waals surface area contributed by atoms with Crippen LogP contribution in [-0.2, 0) is 4.74 Å². The number of halogens is 1. The molecule has 18 heavy (non-hydrogen) atoms. The summed E-state index contributed by atoms with van der Waals surface area (Å²) in [7, 11) is 1.74. The smallest absolute Gasteiger partial charge is 0.122 e. The Morgan fingerprint density at radius 3 is 2.50 bits per heavy atom. The van der Waals surface area contributed by atoms with Crippen LogP contribution in [0.4, 0.5) is 0 Å². The average Bonchev–Trinajstić information content (AvgIpc) is 2.30. The molecule has 0 aliphatic rings. The van der Waals surface area contributed by atoms with Gasteiger partial charge in [-0.1, -0.05) is 29.8 Å². The first-order valence-electron chi connectivity index (χ1n) is 6.33. The third-order valence-corrected chi connectivity index (χ3v) is 3.60. The highest BCUT2D eigenvalue weighted by Crippen LogP contribution is 2.30. The third kappa shape index (κ3) is 4.62. The molecular formula is C15H23BrO2. The minimum Gasteiger partial charge on any atom is -0.493 e. The maximum atomic E-state index is 5.89. The molecule has 3 heteroatoms. The molecule has 0 aromatic heterocycles. The summed E-state index contributed by atoms with van der Waals surface area (Å²) < 4.78 is 12.4. The molecule has 0 aliphatic carbocycles. The van der Waals surface area contributed by atoms with Crippen molar-refractivity contribution in [3.8, 4) is 5.75 Å². The molecule has 0 spiro atoms. The Labute approximate surface area is 119 Å². The van der Waals surface area contributed by atoms with Crippen LogP contribution in [0.2, 0.25) is 0 Å². The van der Waals surface area contributed by atoms with Gasteiger partial charge in [0.05, 0.1) is 12.2 Å².